The van der Waals surface area contributed by atoms with E-state index in [-0.39, 0.29) is 17.3 Å². The molecular formula is C20H25NO6. The minimum absolute atomic E-state index is 0.100. The second-order valence-corrected chi connectivity index (χ2v) is 6.76. The topological polar surface area (TPSA) is 85.3 Å². The molecule has 0 saturated heterocycles. The Hall–Kier alpha value is -2.54. The molecule has 0 unspecified atom stereocenters. The van der Waals surface area contributed by atoms with Gasteiger partial charge in [0.1, 0.15) is 0 Å². The van der Waals surface area contributed by atoms with Crippen LogP contribution in [-0.4, -0.2) is 56.2 Å². The van der Waals surface area contributed by atoms with E-state index in [4.69, 9.17) is 14.2 Å². The number of ketones is 1. The van der Waals surface area contributed by atoms with E-state index in [9.17, 15) is 14.7 Å². The molecule has 1 atom stereocenters. The molecule has 1 aliphatic carbocycles. The molecule has 1 aromatic carbocycles. The summed E-state index contributed by atoms with van der Waals surface area (Å²) in [4.78, 5) is 27.0. The third-order valence-electron chi connectivity index (χ3n) is 4.99. The van der Waals surface area contributed by atoms with E-state index in [2.05, 4.69) is 0 Å². The number of carbonyl (C=O) groups is 2. The molecule has 0 aromatic heterocycles. The predicted octanol–water partition coefficient (Wildman–Crippen LogP) is 2.41. The summed E-state index contributed by atoms with van der Waals surface area (Å²) in [6.45, 7) is 0.853. The molecule has 1 aromatic rings. The van der Waals surface area contributed by atoms with Crippen LogP contribution in [0.2, 0.25) is 0 Å². The molecule has 1 aliphatic heterocycles. The van der Waals surface area contributed by atoms with Crippen LogP contribution in [0.3, 0.4) is 0 Å². The number of nitrogens with zero attached hydrogens (tertiary/aromatic N) is 1. The highest BCUT2D eigenvalue weighted by atomic mass is 16.5. The van der Waals surface area contributed by atoms with Crippen molar-refractivity contribution in [3.63, 3.8) is 0 Å². The van der Waals surface area contributed by atoms with Gasteiger partial charge >= 0.3 is 0 Å². The van der Waals surface area contributed by atoms with Gasteiger partial charge in [0.25, 0.3) is 5.91 Å². The Morgan fingerprint density at radius 2 is 1.89 bits per heavy atom. The minimum Gasteiger partial charge on any atom is -0.503 e. The highest BCUT2D eigenvalue weighted by Gasteiger charge is 2.46. The number of methoxy groups -OCH3 is 3. The lowest BCUT2D eigenvalue weighted by Gasteiger charge is -2.27. The molecule has 3 rings (SSSR count). The van der Waals surface area contributed by atoms with Crippen molar-refractivity contribution in [1.29, 1.82) is 0 Å². The van der Waals surface area contributed by atoms with Crippen LogP contribution in [0.15, 0.2) is 29.5 Å². The molecular weight excluding hydrogens is 350 g/mol. The summed E-state index contributed by atoms with van der Waals surface area (Å²) in [5.41, 5.74) is 0.888. The molecule has 7 nitrogen and oxygen atoms in total. The van der Waals surface area contributed by atoms with Gasteiger partial charge in [0.15, 0.2) is 23.0 Å². The van der Waals surface area contributed by atoms with Crippen molar-refractivity contribution in [2.75, 3.05) is 34.5 Å². The second kappa shape index (κ2) is 8.00. The Kier molecular flexibility index (Phi) is 5.70. The number of amides is 1. The lowest BCUT2D eigenvalue weighted by Crippen LogP contribution is -2.32. The van der Waals surface area contributed by atoms with Gasteiger partial charge in [0.05, 0.1) is 25.8 Å². The summed E-state index contributed by atoms with van der Waals surface area (Å²) in [5.74, 6) is -0.144. The average molecular weight is 375 g/mol. The minimum atomic E-state index is -0.637. The van der Waals surface area contributed by atoms with Gasteiger partial charge in [-0.3, -0.25) is 9.59 Å². The summed E-state index contributed by atoms with van der Waals surface area (Å²) in [6.07, 6.45) is 2.20. The van der Waals surface area contributed by atoms with Crippen molar-refractivity contribution in [2.45, 2.75) is 25.3 Å². The van der Waals surface area contributed by atoms with Crippen LogP contribution in [-0.2, 0) is 14.3 Å². The largest absolute Gasteiger partial charge is 0.503 e. The normalized spacial score (nSPS) is 19.6. The number of benzene rings is 1. The standard InChI is InChI=1S/C20H25NO6/c1-25-10-4-9-21-17(13-7-8-14(26-2)15(11-13)27-3)16(19(23)20(21)24)18(22)12-5-6-12/h7-8,11-12,17,23H,4-6,9-10H2,1-3H3/t17-/m0/s1. The maximum atomic E-state index is 12.8. The first kappa shape index (κ1) is 19.2. The number of rotatable bonds is 9. The molecule has 1 heterocycles. The Bertz CT molecular complexity index is 768. The van der Waals surface area contributed by atoms with Gasteiger partial charge in [0.2, 0.25) is 0 Å². The monoisotopic (exact) mass is 375 g/mol. The molecule has 1 amide bonds. The molecule has 146 valence electrons. The van der Waals surface area contributed by atoms with Crippen molar-refractivity contribution in [3.05, 3.63) is 35.1 Å². The number of hydrogen-bond acceptors (Lipinski definition) is 6. The van der Waals surface area contributed by atoms with Crippen LogP contribution >= 0.6 is 0 Å². The Morgan fingerprint density at radius 3 is 2.48 bits per heavy atom. The van der Waals surface area contributed by atoms with Gasteiger partial charge < -0.3 is 24.2 Å². The lowest BCUT2D eigenvalue weighted by molar-refractivity contribution is -0.129. The highest BCUT2D eigenvalue weighted by Crippen LogP contribution is 2.44. The van der Waals surface area contributed by atoms with Crippen LogP contribution < -0.4 is 9.47 Å². The predicted molar refractivity (Wildman–Crippen MR) is 97.9 cm³/mol. The van der Waals surface area contributed by atoms with Crippen molar-refractivity contribution >= 4 is 11.7 Å². The van der Waals surface area contributed by atoms with Gasteiger partial charge in [-0.05, 0) is 37.0 Å². The van der Waals surface area contributed by atoms with Crippen LogP contribution in [0.25, 0.3) is 0 Å². The number of hydrogen-bond donors (Lipinski definition) is 1. The second-order valence-electron chi connectivity index (χ2n) is 6.76. The van der Waals surface area contributed by atoms with Crippen LogP contribution in [0.5, 0.6) is 11.5 Å². The lowest BCUT2D eigenvalue weighted by atomic mass is 9.94. The maximum absolute atomic E-state index is 12.8. The molecule has 1 fully saturated rings. The number of ether oxygens (including phenoxy) is 3. The summed E-state index contributed by atoms with van der Waals surface area (Å²) in [7, 11) is 4.66. The molecule has 7 heteroatoms. The van der Waals surface area contributed by atoms with Gasteiger partial charge in [0, 0.05) is 26.2 Å². The number of aliphatic hydroxyl groups is 1. The van der Waals surface area contributed by atoms with E-state index in [0.29, 0.717) is 36.6 Å². The Labute approximate surface area is 158 Å². The third-order valence-corrected chi connectivity index (χ3v) is 4.99. The van der Waals surface area contributed by atoms with Crippen LogP contribution in [0.4, 0.5) is 0 Å². The summed E-state index contributed by atoms with van der Waals surface area (Å²) in [6, 6.07) is 4.64. The van der Waals surface area contributed by atoms with E-state index in [0.717, 1.165) is 12.8 Å². The quantitative estimate of drug-likeness (QED) is 0.667. The molecule has 1 N–H and O–H groups in total. The first-order valence-corrected chi connectivity index (χ1v) is 9.02. The number of Topliss-reactive ketones (excluding diaryl/α,β-unsaturated/α-hetero) is 1. The SMILES string of the molecule is COCCCN1C(=O)C(O)=C(C(=O)C2CC2)[C@@H]1c1ccc(OC)c(OC)c1. The van der Waals surface area contributed by atoms with E-state index < -0.39 is 17.7 Å². The van der Waals surface area contributed by atoms with Gasteiger partial charge in [-0.1, -0.05) is 6.07 Å². The van der Waals surface area contributed by atoms with Gasteiger partial charge in [-0.2, -0.15) is 0 Å². The smallest absolute Gasteiger partial charge is 0.290 e. The fourth-order valence-corrected chi connectivity index (χ4v) is 3.45. The summed E-state index contributed by atoms with van der Waals surface area (Å²) in [5, 5.41) is 10.5. The summed E-state index contributed by atoms with van der Waals surface area (Å²) < 4.78 is 15.7. The summed E-state index contributed by atoms with van der Waals surface area (Å²) >= 11 is 0. The maximum Gasteiger partial charge on any atom is 0.290 e. The first-order valence-electron chi connectivity index (χ1n) is 9.02. The van der Waals surface area contributed by atoms with Crippen LogP contribution in [0, 0.1) is 5.92 Å². The molecule has 0 spiro atoms. The third kappa shape index (κ3) is 3.64. The number of aliphatic hydroxyl groups excluding tert-OH is 1. The zero-order valence-electron chi connectivity index (χ0n) is 15.9. The van der Waals surface area contributed by atoms with Crippen LogP contribution in [0.1, 0.15) is 30.9 Å². The molecule has 0 radical (unpaired) electrons. The zero-order chi connectivity index (χ0) is 19.6. The molecule has 27 heavy (non-hydrogen) atoms. The van der Waals surface area contributed by atoms with Crippen molar-refractivity contribution in [2.24, 2.45) is 5.92 Å². The highest BCUT2D eigenvalue weighted by molar-refractivity contribution is 6.10. The fourth-order valence-electron chi connectivity index (χ4n) is 3.45. The van der Waals surface area contributed by atoms with E-state index in [1.54, 1.807) is 32.4 Å². The Morgan fingerprint density at radius 1 is 1.19 bits per heavy atom. The molecule has 2 aliphatic rings. The first-order chi connectivity index (χ1) is 13.0. The van der Waals surface area contributed by atoms with Crippen molar-refractivity contribution < 1.29 is 28.9 Å². The number of carbonyl (C=O) groups excluding carboxylic acids is 2. The zero-order valence-corrected chi connectivity index (χ0v) is 15.9. The van der Waals surface area contributed by atoms with Crippen molar-refractivity contribution in [1.82, 2.24) is 4.90 Å². The van der Waals surface area contributed by atoms with E-state index in [1.165, 1.54) is 12.0 Å². The van der Waals surface area contributed by atoms with Gasteiger partial charge in [-0.25, -0.2) is 0 Å². The molecule has 1 saturated carbocycles. The molecule has 0 bridgehead atoms. The van der Waals surface area contributed by atoms with E-state index >= 15 is 0 Å². The fraction of sp³-hybridized carbons (Fsp3) is 0.500. The van der Waals surface area contributed by atoms with Crippen molar-refractivity contribution in [3.8, 4) is 11.5 Å². The van der Waals surface area contributed by atoms with Gasteiger partial charge in [-0.15, -0.1) is 0 Å². The van der Waals surface area contributed by atoms with E-state index in [1.807, 2.05) is 0 Å². The average Bonchev–Trinajstić information content (AvgIpc) is 3.50. The Balaban J connectivity index is 2.01.